The SMILES string of the molecule is O=C(NCc1ccccc1)c1cc2c(s1)CCN2C(=O)c1cccnc1. The average Bonchev–Trinajstić information content (AvgIpc) is 3.28. The second-order valence-corrected chi connectivity index (χ2v) is 7.17. The first-order chi connectivity index (χ1) is 12.7. The summed E-state index contributed by atoms with van der Waals surface area (Å²) in [6.07, 6.45) is 3.99. The first-order valence-corrected chi connectivity index (χ1v) is 9.21. The number of thiophene rings is 1. The number of nitrogens with zero attached hydrogens (tertiary/aromatic N) is 2. The molecule has 0 atom stereocenters. The van der Waals surface area contributed by atoms with Gasteiger partial charge in [0.1, 0.15) is 0 Å². The van der Waals surface area contributed by atoms with Crippen LogP contribution >= 0.6 is 11.3 Å². The van der Waals surface area contributed by atoms with E-state index in [4.69, 9.17) is 0 Å². The highest BCUT2D eigenvalue weighted by molar-refractivity contribution is 7.14. The van der Waals surface area contributed by atoms with E-state index < -0.39 is 0 Å². The quantitative estimate of drug-likeness (QED) is 0.774. The molecule has 3 heterocycles. The average molecular weight is 363 g/mol. The molecule has 0 spiro atoms. The molecule has 2 amide bonds. The van der Waals surface area contributed by atoms with Crippen LogP contribution in [0.5, 0.6) is 0 Å². The lowest BCUT2D eigenvalue weighted by Gasteiger charge is -2.15. The Balaban J connectivity index is 1.48. The van der Waals surface area contributed by atoms with Crippen LogP contribution in [-0.4, -0.2) is 23.3 Å². The molecule has 0 aliphatic carbocycles. The summed E-state index contributed by atoms with van der Waals surface area (Å²) < 4.78 is 0. The molecule has 1 aromatic carbocycles. The number of rotatable bonds is 4. The second-order valence-electron chi connectivity index (χ2n) is 6.04. The maximum atomic E-state index is 12.7. The van der Waals surface area contributed by atoms with Gasteiger partial charge in [-0.15, -0.1) is 11.3 Å². The fourth-order valence-electron chi connectivity index (χ4n) is 2.99. The predicted molar refractivity (Wildman–Crippen MR) is 102 cm³/mol. The minimum Gasteiger partial charge on any atom is -0.347 e. The Morgan fingerprint density at radius 1 is 1.15 bits per heavy atom. The van der Waals surface area contributed by atoms with Crippen LogP contribution in [0.3, 0.4) is 0 Å². The minimum atomic E-state index is -0.109. The molecule has 0 bridgehead atoms. The van der Waals surface area contributed by atoms with Crippen LogP contribution in [0.15, 0.2) is 60.9 Å². The lowest BCUT2D eigenvalue weighted by molar-refractivity contribution is 0.0952. The van der Waals surface area contributed by atoms with Gasteiger partial charge < -0.3 is 10.2 Å². The van der Waals surface area contributed by atoms with Gasteiger partial charge in [-0.3, -0.25) is 14.6 Å². The van der Waals surface area contributed by atoms with E-state index in [0.717, 1.165) is 22.5 Å². The van der Waals surface area contributed by atoms with E-state index in [-0.39, 0.29) is 11.8 Å². The third-order valence-electron chi connectivity index (χ3n) is 4.31. The first-order valence-electron chi connectivity index (χ1n) is 8.39. The number of fused-ring (bicyclic) bond motifs is 1. The van der Waals surface area contributed by atoms with E-state index in [0.29, 0.717) is 23.5 Å². The summed E-state index contributed by atoms with van der Waals surface area (Å²) in [7, 11) is 0. The van der Waals surface area contributed by atoms with E-state index >= 15 is 0 Å². The maximum absolute atomic E-state index is 12.7. The molecule has 1 N–H and O–H groups in total. The summed E-state index contributed by atoms with van der Waals surface area (Å²) >= 11 is 1.46. The summed E-state index contributed by atoms with van der Waals surface area (Å²) in [5, 5.41) is 2.94. The number of hydrogen-bond acceptors (Lipinski definition) is 4. The van der Waals surface area contributed by atoms with Crippen LogP contribution in [0.4, 0.5) is 5.69 Å². The Labute approximate surface area is 155 Å². The monoisotopic (exact) mass is 363 g/mol. The van der Waals surface area contributed by atoms with E-state index in [1.165, 1.54) is 11.3 Å². The van der Waals surface area contributed by atoms with Crippen molar-refractivity contribution in [3.8, 4) is 0 Å². The highest BCUT2D eigenvalue weighted by Gasteiger charge is 2.29. The molecule has 0 radical (unpaired) electrons. The van der Waals surface area contributed by atoms with Crippen LogP contribution in [0, 0.1) is 0 Å². The molecule has 0 fully saturated rings. The maximum Gasteiger partial charge on any atom is 0.261 e. The Kier molecular flexibility index (Phi) is 4.50. The summed E-state index contributed by atoms with van der Waals surface area (Å²) in [5.74, 6) is -0.187. The van der Waals surface area contributed by atoms with Crippen LogP contribution in [0.1, 0.15) is 30.5 Å². The predicted octanol–water partition coefficient (Wildman–Crippen LogP) is 3.28. The van der Waals surface area contributed by atoms with Gasteiger partial charge in [0.05, 0.1) is 16.1 Å². The van der Waals surface area contributed by atoms with Crippen LogP contribution in [-0.2, 0) is 13.0 Å². The summed E-state index contributed by atoms with van der Waals surface area (Å²) in [5.41, 5.74) is 2.45. The zero-order valence-electron chi connectivity index (χ0n) is 14.0. The van der Waals surface area contributed by atoms with Crippen LogP contribution in [0.25, 0.3) is 0 Å². The molecule has 130 valence electrons. The summed E-state index contributed by atoms with van der Waals surface area (Å²) in [4.78, 5) is 32.6. The van der Waals surface area contributed by atoms with Crippen molar-refractivity contribution < 1.29 is 9.59 Å². The molecule has 4 rings (SSSR count). The molecule has 2 aromatic heterocycles. The van der Waals surface area contributed by atoms with Crippen LogP contribution < -0.4 is 10.2 Å². The highest BCUT2D eigenvalue weighted by Crippen LogP contribution is 2.36. The van der Waals surface area contributed by atoms with E-state index in [9.17, 15) is 9.59 Å². The topological polar surface area (TPSA) is 62.3 Å². The Hall–Kier alpha value is -2.99. The van der Waals surface area contributed by atoms with E-state index in [1.807, 2.05) is 36.4 Å². The van der Waals surface area contributed by atoms with Crippen molar-refractivity contribution in [2.45, 2.75) is 13.0 Å². The van der Waals surface area contributed by atoms with Gasteiger partial charge in [-0.2, -0.15) is 0 Å². The summed E-state index contributed by atoms with van der Waals surface area (Å²) in [6.45, 7) is 1.13. The van der Waals surface area contributed by atoms with Gasteiger partial charge in [0, 0.05) is 36.8 Å². The molecule has 26 heavy (non-hydrogen) atoms. The molecule has 0 saturated heterocycles. The lowest BCUT2D eigenvalue weighted by Crippen LogP contribution is -2.29. The smallest absolute Gasteiger partial charge is 0.261 e. The minimum absolute atomic E-state index is 0.0779. The van der Waals surface area contributed by atoms with Gasteiger partial charge >= 0.3 is 0 Å². The normalized spacial score (nSPS) is 12.7. The summed E-state index contributed by atoms with van der Waals surface area (Å²) in [6, 6.07) is 15.1. The third-order valence-corrected chi connectivity index (χ3v) is 5.50. The van der Waals surface area contributed by atoms with Crippen molar-refractivity contribution in [1.29, 1.82) is 0 Å². The molecule has 0 saturated carbocycles. The van der Waals surface area contributed by atoms with Crippen molar-refractivity contribution in [3.63, 3.8) is 0 Å². The van der Waals surface area contributed by atoms with Crippen LogP contribution in [0.2, 0.25) is 0 Å². The molecular formula is C20H17N3O2S. The number of nitrogens with one attached hydrogen (secondary N) is 1. The van der Waals surface area contributed by atoms with E-state index in [1.54, 1.807) is 29.4 Å². The number of aromatic nitrogens is 1. The Morgan fingerprint density at radius 2 is 2.00 bits per heavy atom. The number of carbonyl (C=O) groups is 2. The Morgan fingerprint density at radius 3 is 2.77 bits per heavy atom. The van der Waals surface area contributed by atoms with Gasteiger partial charge in [-0.25, -0.2) is 0 Å². The van der Waals surface area contributed by atoms with Crippen molar-refractivity contribution in [3.05, 3.63) is 81.8 Å². The fourth-order valence-corrected chi connectivity index (χ4v) is 4.06. The van der Waals surface area contributed by atoms with Crippen molar-refractivity contribution >= 4 is 28.8 Å². The van der Waals surface area contributed by atoms with E-state index in [2.05, 4.69) is 10.3 Å². The lowest BCUT2D eigenvalue weighted by atomic mass is 10.2. The number of carbonyl (C=O) groups excluding carboxylic acids is 2. The highest BCUT2D eigenvalue weighted by atomic mass is 32.1. The van der Waals surface area contributed by atoms with Gasteiger partial charge in [0.2, 0.25) is 0 Å². The van der Waals surface area contributed by atoms with Gasteiger partial charge in [-0.05, 0) is 23.8 Å². The van der Waals surface area contributed by atoms with Gasteiger partial charge in [-0.1, -0.05) is 30.3 Å². The molecule has 0 unspecified atom stereocenters. The van der Waals surface area contributed by atoms with Gasteiger partial charge in [0.15, 0.2) is 0 Å². The fraction of sp³-hybridized carbons (Fsp3) is 0.150. The molecule has 5 nitrogen and oxygen atoms in total. The van der Waals surface area contributed by atoms with Crippen molar-refractivity contribution in [2.75, 3.05) is 11.4 Å². The third kappa shape index (κ3) is 3.23. The number of benzene rings is 1. The molecular weight excluding hydrogens is 346 g/mol. The molecule has 1 aliphatic heterocycles. The standard InChI is InChI=1S/C20H17N3O2S/c24-19(22-12-14-5-2-1-3-6-14)18-11-16-17(26-18)8-10-23(16)20(25)15-7-4-9-21-13-15/h1-7,9,11,13H,8,10,12H2,(H,22,24). The number of hydrogen-bond donors (Lipinski definition) is 1. The molecule has 3 aromatic rings. The molecule has 6 heteroatoms. The number of amides is 2. The van der Waals surface area contributed by atoms with Gasteiger partial charge in [0.25, 0.3) is 11.8 Å². The van der Waals surface area contributed by atoms with Crippen molar-refractivity contribution in [1.82, 2.24) is 10.3 Å². The largest absolute Gasteiger partial charge is 0.347 e. The molecule has 1 aliphatic rings. The number of anilines is 1. The second kappa shape index (κ2) is 7.09. The Bertz CT molecular complexity index is 938. The number of pyridine rings is 1. The van der Waals surface area contributed by atoms with Crippen molar-refractivity contribution in [2.24, 2.45) is 0 Å². The zero-order valence-corrected chi connectivity index (χ0v) is 14.8. The first kappa shape index (κ1) is 16.5. The zero-order chi connectivity index (χ0) is 17.9.